The summed E-state index contributed by atoms with van der Waals surface area (Å²) in [5.74, 6) is 0.658. The fraction of sp³-hybridized carbons (Fsp3) is 0.214. The zero-order valence-electron chi connectivity index (χ0n) is 20.2. The largest absolute Gasteiger partial charge is 0.497 e. The molecule has 0 aliphatic carbocycles. The van der Waals surface area contributed by atoms with Crippen molar-refractivity contribution in [3.63, 3.8) is 0 Å². The fourth-order valence-corrected chi connectivity index (χ4v) is 5.21. The zero-order valence-corrected chi connectivity index (χ0v) is 22.8. The van der Waals surface area contributed by atoms with Gasteiger partial charge in [-0.3, -0.25) is 0 Å². The van der Waals surface area contributed by atoms with E-state index in [0.29, 0.717) is 22.0 Å². The number of allylic oxidation sites excluding steroid dienone is 2. The van der Waals surface area contributed by atoms with E-state index in [0.717, 1.165) is 34.8 Å². The Morgan fingerprint density at radius 3 is 2.39 bits per heavy atom. The third-order valence-electron chi connectivity index (χ3n) is 6.22. The number of anilines is 1. The summed E-state index contributed by atoms with van der Waals surface area (Å²) in [6.07, 6.45) is 4.23. The van der Waals surface area contributed by atoms with Crippen LogP contribution in [0.4, 0.5) is 5.69 Å². The van der Waals surface area contributed by atoms with Gasteiger partial charge in [0.05, 0.1) is 13.3 Å². The van der Waals surface area contributed by atoms with Crippen molar-refractivity contribution >= 4 is 41.0 Å². The van der Waals surface area contributed by atoms with Crippen LogP contribution in [0.3, 0.4) is 0 Å². The molecule has 3 aromatic carbocycles. The van der Waals surface area contributed by atoms with Crippen LogP contribution in [0.1, 0.15) is 30.5 Å². The van der Waals surface area contributed by atoms with Crippen LogP contribution in [0.25, 0.3) is 0 Å². The molecule has 0 aromatic heterocycles. The molecule has 1 heterocycles. The van der Waals surface area contributed by atoms with Crippen molar-refractivity contribution < 1.29 is 26.6 Å². The maximum Gasteiger partial charge on any atom is 0.238 e. The van der Waals surface area contributed by atoms with Crippen LogP contribution < -0.4 is 9.64 Å². The number of benzene rings is 3. The summed E-state index contributed by atoms with van der Waals surface area (Å²) in [7, 11) is 1.67. The Labute approximate surface area is 232 Å². The summed E-state index contributed by atoms with van der Waals surface area (Å²) in [6.45, 7) is 5.07. The van der Waals surface area contributed by atoms with Gasteiger partial charge in [-0.15, -0.1) is 5.10 Å². The van der Waals surface area contributed by atoms with E-state index in [2.05, 4.69) is 41.1 Å². The fourth-order valence-electron chi connectivity index (χ4n) is 4.64. The normalized spacial score (nSPS) is 18.4. The zero-order chi connectivity index (χ0) is 25.0. The maximum atomic E-state index is 10.2. The molecular formula is C28H27Cl2CoN3O2. The van der Waals surface area contributed by atoms with Crippen molar-refractivity contribution in [2.75, 3.05) is 18.6 Å². The second kappa shape index (κ2) is 12.0. The molecule has 1 N–H and O–H groups in total. The van der Waals surface area contributed by atoms with Gasteiger partial charge in [-0.1, -0.05) is 41.4 Å². The Bertz CT molecular complexity index is 1290. The van der Waals surface area contributed by atoms with Crippen LogP contribution >= 0.6 is 23.2 Å². The van der Waals surface area contributed by atoms with Gasteiger partial charge in [-0.25, -0.2) is 0 Å². The molecule has 5 nitrogen and oxygen atoms in total. The molecule has 1 radical (unpaired) electrons. The SMILES string of the molecule is CCN1\C(=C/C=N/N=C(\O)c2ccccc2)C(C)(Cc2cc(Cl)cc(Cl)c2)c2cc(OC)ccc21.[Co]. The number of ether oxygens (including phenoxy) is 1. The van der Waals surface area contributed by atoms with Crippen molar-refractivity contribution in [1.29, 1.82) is 0 Å². The minimum Gasteiger partial charge on any atom is -0.497 e. The summed E-state index contributed by atoms with van der Waals surface area (Å²) in [4.78, 5) is 2.26. The monoisotopic (exact) mass is 566 g/mol. The van der Waals surface area contributed by atoms with E-state index in [4.69, 9.17) is 27.9 Å². The molecule has 1 aliphatic heterocycles. The van der Waals surface area contributed by atoms with Crippen LogP contribution in [-0.2, 0) is 28.6 Å². The van der Waals surface area contributed by atoms with E-state index in [1.54, 1.807) is 31.5 Å². The van der Waals surface area contributed by atoms with Gasteiger partial charge in [0.25, 0.3) is 0 Å². The van der Waals surface area contributed by atoms with Gasteiger partial charge < -0.3 is 14.7 Å². The molecule has 0 bridgehead atoms. The second-order valence-corrected chi connectivity index (χ2v) is 9.39. The molecule has 0 amide bonds. The molecule has 36 heavy (non-hydrogen) atoms. The number of halogens is 2. The Morgan fingerprint density at radius 1 is 1.06 bits per heavy atom. The third-order valence-corrected chi connectivity index (χ3v) is 6.66. The second-order valence-electron chi connectivity index (χ2n) is 8.52. The van der Waals surface area contributed by atoms with Crippen LogP contribution in [0, 0.1) is 0 Å². The molecule has 189 valence electrons. The molecule has 1 aliphatic rings. The smallest absolute Gasteiger partial charge is 0.238 e. The van der Waals surface area contributed by atoms with Gasteiger partial charge in [-0.2, -0.15) is 5.10 Å². The number of rotatable bonds is 7. The van der Waals surface area contributed by atoms with E-state index < -0.39 is 5.41 Å². The average Bonchev–Trinajstić information content (AvgIpc) is 3.07. The van der Waals surface area contributed by atoms with E-state index in [1.807, 2.05) is 42.5 Å². The van der Waals surface area contributed by atoms with Crippen molar-refractivity contribution in [3.05, 3.63) is 105 Å². The molecule has 0 spiro atoms. The number of methoxy groups -OCH3 is 1. The minimum absolute atomic E-state index is 0. The first-order chi connectivity index (χ1) is 16.9. The van der Waals surface area contributed by atoms with Crippen molar-refractivity contribution in [3.8, 4) is 5.75 Å². The predicted molar refractivity (Wildman–Crippen MR) is 146 cm³/mol. The number of aliphatic hydroxyl groups is 1. The average molecular weight is 567 g/mol. The summed E-state index contributed by atoms with van der Waals surface area (Å²) in [5, 5.41) is 19.5. The van der Waals surface area contributed by atoms with Gasteiger partial charge in [0.1, 0.15) is 5.75 Å². The summed E-state index contributed by atoms with van der Waals surface area (Å²) in [6, 6.07) is 20.9. The van der Waals surface area contributed by atoms with Crippen molar-refractivity contribution in [2.45, 2.75) is 25.7 Å². The minimum atomic E-state index is -0.412. The Kier molecular flexibility index (Phi) is 9.25. The number of hydrogen-bond donors (Lipinski definition) is 1. The number of nitrogens with zero attached hydrogens (tertiary/aromatic N) is 3. The van der Waals surface area contributed by atoms with Crippen LogP contribution in [0.2, 0.25) is 10.0 Å². The van der Waals surface area contributed by atoms with E-state index in [-0.39, 0.29) is 22.7 Å². The van der Waals surface area contributed by atoms with Gasteiger partial charge >= 0.3 is 0 Å². The van der Waals surface area contributed by atoms with Crippen molar-refractivity contribution in [1.82, 2.24) is 0 Å². The number of fused-ring (bicyclic) bond motifs is 1. The molecule has 1 atom stereocenters. The van der Waals surface area contributed by atoms with Gasteiger partial charge in [0.2, 0.25) is 5.90 Å². The van der Waals surface area contributed by atoms with Gasteiger partial charge in [0.15, 0.2) is 0 Å². The molecule has 4 rings (SSSR count). The first-order valence-electron chi connectivity index (χ1n) is 11.3. The summed E-state index contributed by atoms with van der Waals surface area (Å²) in [5.41, 5.74) is 4.53. The summed E-state index contributed by atoms with van der Waals surface area (Å²) >= 11 is 12.6. The van der Waals surface area contributed by atoms with Crippen LogP contribution in [-0.4, -0.2) is 30.9 Å². The first-order valence-corrected chi connectivity index (χ1v) is 12.1. The van der Waals surface area contributed by atoms with E-state index in [9.17, 15) is 5.11 Å². The Balaban J connectivity index is 0.00000361. The molecule has 8 heteroatoms. The third kappa shape index (κ3) is 5.78. The van der Waals surface area contributed by atoms with E-state index >= 15 is 0 Å². The standard InChI is InChI=1S/C28H27Cl2N3O2.Co/c1-4-33-25-11-10-23(35-3)17-24(25)28(2,18-19-14-21(29)16-22(30)15-19)26(33)12-13-31-32-27(34)20-8-6-5-7-9-20;/h5-17H,4,18H2,1-3H3,(H,32,34);/b26-12-,31-13+;. The summed E-state index contributed by atoms with van der Waals surface area (Å²) < 4.78 is 5.54. The number of aliphatic hydroxyl groups excluding tert-OH is 1. The number of likely N-dealkylation sites (N-methyl/N-ethyl adjacent to an activating group) is 1. The van der Waals surface area contributed by atoms with Crippen LogP contribution in [0.15, 0.2) is 88.7 Å². The molecule has 0 saturated heterocycles. The Hall–Kier alpha value is -2.77. The van der Waals surface area contributed by atoms with Crippen molar-refractivity contribution in [2.24, 2.45) is 10.2 Å². The molecule has 1 unspecified atom stereocenters. The quantitative estimate of drug-likeness (QED) is 0.187. The van der Waals surface area contributed by atoms with Gasteiger partial charge in [-0.05, 0) is 86.0 Å². The first kappa shape index (κ1) is 27.8. The molecule has 0 fully saturated rings. The van der Waals surface area contributed by atoms with E-state index in [1.165, 1.54) is 0 Å². The Morgan fingerprint density at radius 2 is 1.75 bits per heavy atom. The van der Waals surface area contributed by atoms with Gasteiger partial charge in [0, 0.05) is 55.7 Å². The topological polar surface area (TPSA) is 57.4 Å². The van der Waals surface area contributed by atoms with Crippen LogP contribution in [0.5, 0.6) is 5.75 Å². The molecule has 3 aromatic rings. The maximum absolute atomic E-state index is 10.2. The number of hydrogen-bond acceptors (Lipinski definition) is 4. The predicted octanol–water partition coefficient (Wildman–Crippen LogP) is 7.21. The molecular weight excluding hydrogens is 540 g/mol. The molecule has 0 saturated carbocycles.